The summed E-state index contributed by atoms with van der Waals surface area (Å²) in [5.74, 6) is -1.07. The summed E-state index contributed by atoms with van der Waals surface area (Å²) in [6.45, 7) is 0. The predicted molar refractivity (Wildman–Crippen MR) is 38.7 cm³/mol. The molecule has 1 rings (SSSR count). The van der Waals surface area contributed by atoms with E-state index in [0.29, 0.717) is 6.42 Å². The van der Waals surface area contributed by atoms with Crippen molar-refractivity contribution < 1.29 is 15.1 Å². The lowest BCUT2D eigenvalue weighted by molar-refractivity contribution is -0.132. The standard InChI is InChI=1S/C7H7NO3/c9-7(10)5-3-1-2-4-6(5)8-11/h1-3,11H,4H2,(H,9,10). The van der Waals surface area contributed by atoms with Gasteiger partial charge in [0.2, 0.25) is 0 Å². The maximum atomic E-state index is 10.4. The molecule has 0 bridgehead atoms. The number of hydrogen-bond donors (Lipinski definition) is 2. The Labute approximate surface area is 63.1 Å². The van der Waals surface area contributed by atoms with Crippen molar-refractivity contribution in [3.63, 3.8) is 0 Å². The molecular formula is C7H7NO3. The van der Waals surface area contributed by atoms with Gasteiger partial charge in [0, 0.05) is 6.42 Å². The van der Waals surface area contributed by atoms with Crippen LogP contribution >= 0.6 is 0 Å². The molecule has 58 valence electrons. The summed E-state index contributed by atoms with van der Waals surface area (Å²) in [4.78, 5) is 10.4. The van der Waals surface area contributed by atoms with Crippen molar-refractivity contribution in [3.8, 4) is 0 Å². The van der Waals surface area contributed by atoms with Crippen molar-refractivity contribution in [1.29, 1.82) is 0 Å². The molecule has 0 aromatic carbocycles. The van der Waals surface area contributed by atoms with Crippen molar-refractivity contribution in [2.45, 2.75) is 6.42 Å². The second-order valence-electron chi connectivity index (χ2n) is 2.06. The maximum Gasteiger partial charge on any atom is 0.337 e. The van der Waals surface area contributed by atoms with Gasteiger partial charge in [0.25, 0.3) is 0 Å². The van der Waals surface area contributed by atoms with Crippen LogP contribution < -0.4 is 0 Å². The van der Waals surface area contributed by atoms with E-state index in [1.165, 1.54) is 6.08 Å². The average molecular weight is 153 g/mol. The van der Waals surface area contributed by atoms with E-state index in [9.17, 15) is 4.79 Å². The zero-order valence-corrected chi connectivity index (χ0v) is 5.69. The van der Waals surface area contributed by atoms with E-state index in [0.717, 1.165) is 0 Å². The molecule has 11 heavy (non-hydrogen) atoms. The molecule has 0 aliphatic heterocycles. The number of oxime groups is 1. The predicted octanol–water partition coefficient (Wildman–Crippen LogP) is 0.788. The molecule has 4 heteroatoms. The molecule has 0 amide bonds. The third kappa shape index (κ3) is 1.46. The number of carbonyl (C=O) groups is 1. The molecule has 0 heterocycles. The molecule has 1 aliphatic rings. The van der Waals surface area contributed by atoms with Crippen LogP contribution in [-0.4, -0.2) is 22.0 Å². The van der Waals surface area contributed by atoms with Gasteiger partial charge < -0.3 is 10.3 Å². The van der Waals surface area contributed by atoms with E-state index in [1.807, 2.05) is 0 Å². The van der Waals surface area contributed by atoms with Crippen LogP contribution in [0.4, 0.5) is 0 Å². The SMILES string of the molecule is O=C(O)C1=CC=CCC1=NO. The Morgan fingerprint density at radius 3 is 2.82 bits per heavy atom. The summed E-state index contributed by atoms with van der Waals surface area (Å²) in [7, 11) is 0. The largest absolute Gasteiger partial charge is 0.478 e. The van der Waals surface area contributed by atoms with Gasteiger partial charge in [-0.1, -0.05) is 17.3 Å². The molecule has 0 saturated heterocycles. The first-order valence-corrected chi connectivity index (χ1v) is 3.07. The van der Waals surface area contributed by atoms with E-state index in [4.69, 9.17) is 10.3 Å². The van der Waals surface area contributed by atoms with E-state index < -0.39 is 5.97 Å². The summed E-state index contributed by atoms with van der Waals surface area (Å²) < 4.78 is 0. The number of nitrogens with zero attached hydrogens (tertiary/aromatic N) is 1. The lowest BCUT2D eigenvalue weighted by Crippen LogP contribution is -2.13. The van der Waals surface area contributed by atoms with Crippen LogP contribution in [-0.2, 0) is 4.79 Å². The molecule has 2 N–H and O–H groups in total. The molecule has 4 nitrogen and oxygen atoms in total. The second kappa shape index (κ2) is 3.01. The zero-order valence-electron chi connectivity index (χ0n) is 5.69. The zero-order chi connectivity index (χ0) is 8.27. The summed E-state index contributed by atoms with van der Waals surface area (Å²) in [5, 5.41) is 19.8. The van der Waals surface area contributed by atoms with E-state index in [-0.39, 0.29) is 11.3 Å². The van der Waals surface area contributed by atoms with Gasteiger partial charge in [0.1, 0.15) is 0 Å². The quantitative estimate of drug-likeness (QED) is 0.432. The molecule has 0 aromatic heterocycles. The van der Waals surface area contributed by atoms with Crippen LogP contribution in [0, 0.1) is 0 Å². The highest BCUT2D eigenvalue weighted by atomic mass is 16.4. The first-order valence-electron chi connectivity index (χ1n) is 3.07. The molecule has 0 saturated carbocycles. The van der Waals surface area contributed by atoms with Gasteiger partial charge in [0.05, 0.1) is 11.3 Å². The summed E-state index contributed by atoms with van der Waals surface area (Å²) in [6.07, 6.45) is 5.12. The van der Waals surface area contributed by atoms with Crippen LogP contribution in [0.1, 0.15) is 6.42 Å². The van der Waals surface area contributed by atoms with Crippen LogP contribution in [0.25, 0.3) is 0 Å². The van der Waals surface area contributed by atoms with Crippen LogP contribution in [0.3, 0.4) is 0 Å². The van der Waals surface area contributed by atoms with Gasteiger partial charge in [0.15, 0.2) is 0 Å². The number of rotatable bonds is 1. The highest BCUT2D eigenvalue weighted by Gasteiger charge is 2.15. The number of hydrogen-bond acceptors (Lipinski definition) is 3. The summed E-state index contributed by atoms with van der Waals surface area (Å²) >= 11 is 0. The Morgan fingerprint density at radius 1 is 1.64 bits per heavy atom. The van der Waals surface area contributed by atoms with E-state index in [1.54, 1.807) is 12.2 Å². The number of allylic oxidation sites excluding steroid dienone is 3. The van der Waals surface area contributed by atoms with Crippen molar-refractivity contribution in [1.82, 2.24) is 0 Å². The summed E-state index contributed by atoms with van der Waals surface area (Å²) in [5.41, 5.74) is 0.245. The van der Waals surface area contributed by atoms with Gasteiger partial charge in [-0.2, -0.15) is 0 Å². The monoisotopic (exact) mass is 153 g/mol. The van der Waals surface area contributed by atoms with Crippen molar-refractivity contribution in [2.75, 3.05) is 0 Å². The van der Waals surface area contributed by atoms with Gasteiger partial charge >= 0.3 is 5.97 Å². The van der Waals surface area contributed by atoms with Crippen LogP contribution in [0.15, 0.2) is 29.0 Å². The lowest BCUT2D eigenvalue weighted by atomic mass is 10.0. The van der Waals surface area contributed by atoms with Gasteiger partial charge in [-0.05, 0) is 6.08 Å². The number of carboxylic acid groups (broad SMARTS) is 1. The van der Waals surface area contributed by atoms with Crippen LogP contribution in [0.5, 0.6) is 0 Å². The molecule has 0 aromatic rings. The third-order valence-electron chi connectivity index (χ3n) is 1.37. The Balaban J connectivity index is 2.97. The first kappa shape index (κ1) is 7.53. The molecule has 0 unspecified atom stereocenters. The fourth-order valence-electron chi connectivity index (χ4n) is 0.840. The second-order valence-corrected chi connectivity index (χ2v) is 2.06. The molecule has 0 fully saturated rings. The fourth-order valence-corrected chi connectivity index (χ4v) is 0.840. The number of aliphatic carboxylic acids is 1. The van der Waals surface area contributed by atoms with Gasteiger partial charge in [-0.3, -0.25) is 0 Å². The molecule has 0 radical (unpaired) electrons. The Bertz CT molecular complexity index is 263. The Hall–Kier alpha value is -1.58. The minimum atomic E-state index is -1.07. The Kier molecular flexibility index (Phi) is 2.06. The topological polar surface area (TPSA) is 69.9 Å². The molecule has 1 aliphatic carbocycles. The minimum absolute atomic E-state index is 0.0509. The molecule has 0 spiro atoms. The minimum Gasteiger partial charge on any atom is -0.478 e. The average Bonchev–Trinajstić information content (AvgIpc) is 2.04. The van der Waals surface area contributed by atoms with Crippen molar-refractivity contribution in [3.05, 3.63) is 23.8 Å². The van der Waals surface area contributed by atoms with Gasteiger partial charge in [-0.25, -0.2) is 4.79 Å². The first-order chi connectivity index (χ1) is 5.25. The third-order valence-corrected chi connectivity index (χ3v) is 1.37. The molecule has 0 atom stereocenters. The summed E-state index contributed by atoms with van der Waals surface area (Å²) in [6, 6.07) is 0. The van der Waals surface area contributed by atoms with Crippen molar-refractivity contribution in [2.24, 2.45) is 5.16 Å². The highest BCUT2D eigenvalue weighted by Crippen LogP contribution is 2.09. The normalized spacial score (nSPS) is 20.0. The lowest BCUT2D eigenvalue weighted by Gasteiger charge is -2.04. The fraction of sp³-hybridized carbons (Fsp3) is 0.143. The maximum absolute atomic E-state index is 10.4. The smallest absolute Gasteiger partial charge is 0.337 e. The number of carboxylic acids is 1. The van der Waals surface area contributed by atoms with E-state index >= 15 is 0 Å². The van der Waals surface area contributed by atoms with Crippen molar-refractivity contribution >= 4 is 11.7 Å². The Morgan fingerprint density at radius 2 is 2.36 bits per heavy atom. The van der Waals surface area contributed by atoms with E-state index in [2.05, 4.69) is 5.16 Å². The highest BCUT2D eigenvalue weighted by molar-refractivity contribution is 6.20. The van der Waals surface area contributed by atoms with Gasteiger partial charge in [-0.15, -0.1) is 0 Å². The van der Waals surface area contributed by atoms with Crippen LogP contribution in [0.2, 0.25) is 0 Å². The molecular weight excluding hydrogens is 146 g/mol.